The summed E-state index contributed by atoms with van der Waals surface area (Å²) in [6.07, 6.45) is 1.69. The molecule has 0 aliphatic heterocycles. The number of carbonyl (C=O) groups excluding carboxylic acids is 1. The Labute approximate surface area is 71.8 Å². The molecule has 0 aliphatic carbocycles. The molecule has 1 amide bonds. The number of amides is 1. The first-order valence-corrected chi connectivity index (χ1v) is 4.00. The number of nitrogens with two attached hydrogens (primary N) is 1. The van der Waals surface area contributed by atoms with Gasteiger partial charge in [-0.25, -0.2) is 0 Å². The van der Waals surface area contributed by atoms with Gasteiger partial charge in [-0.2, -0.15) is 12.6 Å². The van der Waals surface area contributed by atoms with Crippen molar-refractivity contribution in [3.63, 3.8) is 0 Å². The molecule has 0 bridgehead atoms. The second-order valence-electron chi connectivity index (χ2n) is 1.73. The van der Waals surface area contributed by atoms with E-state index >= 15 is 0 Å². The summed E-state index contributed by atoms with van der Waals surface area (Å²) in [5.74, 6) is -0.379. The van der Waals surface area contributed by atoms with Crippen LogP contribution in [0, 0.1) is 0 Å². The average molecular weight is 169 g/mol. The molecular weight excluding hydrogens is 158 g/mol. The normalized spacial score (nSPS) is 7.82. The van der Waals surface area contributed by atoms with Gasteiger partial charge in [-0.3, -0.25) is 4.79 Å². The number of hydrogen-bond acceptors (Lipinski definition) is 2. The van der Waals surface area contributed by atoms with E-state index in [9.17, 15) is 4.79 Å². The van der Waals surface area contributed by atoms with Crippen LogP contribution in [-0.4, -0.2) is 12.2 Å². The van der Waals surface area contributed by atoms with Crippen LogP contribution in [0.2, 0.25) is 0 Å². The summed E-state index contributed by atoms with van der Waals surface area (Å²) < 4.78 is 0. The smallest absolute Gasteiger partial charge is 0.248 e. The Balaban J connectivity index is 0.000000461. The van der Waals surface area contributed by atoms with Crippen molar-refractivity contribution in [1.82, 2.24) is 0 Å². The molecule has 2 N–H and O–H groups in total. The number of rotatable bonds is 1. The number of benzene rings is 1. The second kappa shape index (κ2) is 5.80. The van der Waals surface area contributed by atoms with Crippen LogP contribution >= 0.6 is 12.6 Å². The predicted molar refractivity (Wildman–Crippen MR) is 49.9 cm³/mol. The van der Waals surface area contributed by atoms with Gasteiger partial charge in [-0.05, 0) is 18.4 Å². The highest BCUT2D eigenvalue weighted by Crippen LogP contribution is 1.94. The van der Waals surface area contributed by atoms with Crippen molar-refractivity contribution in [3.05, 3.63) is 35.9 Å². The lowest BCUT2D eigenvalue weighted by atomic mass is 10.2. The lowest BCUT2D eigenvalue weighted by Gasteiger charge is -1.89. The summed E-state index contributed by atoms with van der Waals surface area (Å²) >= 11 is 3.53. The second-order valence-corrected chi connectivity index (χ2v) is 1.73. The Morgan fingerprint density at radius 2 is 1.73 bits per heavy atom. The van der Waals surface area contributed by atoms with Crippen molar-refractivity contribution in [3.8, 4) is 0 Å². The van der Waals surface area contributed by atoms with Gasteiger partial charge in [-0.1, -0.05) is 18.2 Å². The SMILES string of the molecule is CS.NC(=O)c1ccccc1. The maximum Gasteiger partial charge on any atom is 0.248 e. The van der Waals surface area contributed by atoms with Gasteiger partial charge in [0.2, 0.25) is 5.91 Å². The van der Waals surface area contributed by atoms with Gasteiger partial charge in [0.25, 0.3) is 0 Å². The number of carbonyl (C=O) groups is 1. The minimum absolute atomic E-state index is 0.379. The fourth-order valence-electron chi connectivity index (χ4n) is 0.602. The molecule has 0 aliphatic rings. The van der Waals surface area contributed by atoms with E-state index in [1.165, 1.54) is 0 Å². The van der Waals surface area contributed by atoms with Crippen molar-refractivity contribution >= 4 is 18.5 Å². The standard InChI is InChI=1S/C7H7NO.CH4S/c8-7(9)6-4-2-1-3-5-6;1-2/h1-5H,(H2,8,9);2H,1H3. The molecule has 11 heavy (non-hydrogen) atoms. The molecule has 1 aromatic rings. The van der Waals surface area contributed by atoms with Gasteiger partial charge in [0.05, 0.1) is 0 Å². The zero-order valence-corrected chi connectivity index (χ0v) is 7.21. The van der Waals surface area contributed by atoms with Gasteiger partial charge in [0.15, 0.2) is 0 Å². The highest BCUT2D eigenvalue weighted by Gasteiger charge is 1.93. The summed E-state index contributed by atoms with van der Waals surface area (Å²) in [6, 6.07) is 8.76. The van der Waals surface area contributed by atoms with Crippen molar-refractivity contribution in [2.75, 3.05) is 6.26 Å². The van der Waals surface area contributed by atoms with Crippen molar-refractivity contribution in [2.24, 2.45) is 5.73 Å². The highest BCUT2D eigenvalue weighted by molar-refractivity contribution is 7.79. The Hall–Kier alpha value is -0.960. The van der Waals surface area contributed by atoms with Crippen LogP contribution in [-0.2, 0) is 0 Å². The topological polar surface area (TPSA) is 43.1 Å². The Morgan fingerprint density at radius 1 is 1.27 bits per heavy atom. The third-order valence-electron chi connectivity index (χ3n) is 1.06. The molecule has 0 heterocycles. The predicted octanol–water partition coefficient (Wildman–Crippen LogP) is 1.33. The number of hydrogen-bond donors (Lipinski definition) is 2. The van der Waals surface area contributed by atoms with Crippen LogP contribution in [0.3, 0.4) is 0 Å². The number of thiol groups is 1. The average Bonchev–Trinajstić information content (AvgIpc) is 2.10. The van der Waals surface area contributed by atoms with Gasteiger partial charge >= 0.3 is 0 Å². The molecule has 0 unspecified atom stereocenters. The molecular formula is C8H11NOS. The van der Waals surface area contributed by atoms with E-state index in [0.29, 0.717) is 5.56 Å². The summed E-state index contributed by atoms with van der Waals surface area (Å²) in [4.78, 5) is 10.4. The van der Waals surface area contributed by atoms with Crippen LogP contribution in [0.1, 0.15) is 10.4 Å². The lowest BCUT2D eigenvalue weighted by molar-refractivity contribution is 0.100. The molecule has 0 radical (unpaired) electrons. The molecule has 0 spiro atoms. The summed E-state index contributed by atoms with van der Waals surface area (Å²) in [5.41, 5.74) is 5.53. The summed E-state index contributed by atoms with van der Waals surface area (Å²) in [6.45, 7) is 0. The fraction of sp³-hybridized carbons (Fsp3) is 0.125. The maximum absolute atomic E-state index is 10.4. The minimum Gasteiger partial charge on any atom is -0.366 e. The molecule has 1 rings (SSSR count). The quantitative estimate of drug-likeness (QED) is 0.612. The van der Waals surface area contributed by atoms with Crippen LogP contribution in [0.4, 0.5) is 0 Å². The van der Waals surface area contributed by atoms with E-state index in [2.05, 4.69) is 12.6 Å². The van der Waals surface area contributed by atoms with Gasteiger partial charge in [0, 0.05) is 5.56 Å². The molecule has 3 heteroatoms. The van der Waals surface area contributed by atoms with E-state index < -0.39 is 0 Å². The van der Waals surface area contributed by atoms with Crippen LogP contribution in [0.25, 0.3) is 0 Å². The summed E-state index contributed by atoms with van der Waals surface area (Å²) in [5, 5.41) is 0. The minimum atomic E-state index is -0.379. The third kappa shape index (κ3) is 3.68. The Kier molecular flexibility index (Phi) is 5.29. The Morgan fingerprint density at radius 3 is 2.00 bits per heavy atom. The maximum atomic E-state index is 10.4. The largest absolute Gasteiger partial charge is 0.366 e. The molecule has 0 fully saturated rings. The molecule has 0 atom stereocenters. The summed E-state index contributed by atoms with van der Waals surface area (Å²) in [7, 11) is 0. The lowest BCUT2D eigenvalue weighted by Crippen LogP contribution is -2.09. The first-order chi connectivity index (χ1) is 5.30. The zero-order chi connectivity index (χ0) is 8.69. The monoisotopic (exact) mass is 169 g/mol. The molecule has 2 nitrogen and oxygen atoms in total. The fourth-order valence-corrected chi connectivity index (χ4v) is 0.602. The molecule has 1 aromatic carbocycles. The number of primary amides is 1. The molecule has 60 valence electrons. The van der Waals surface area contributed by atoms with E-state index in [4.69, 9.17) is 5.73 Å². The van der Waals surface area contributed by atoms with Gasteiger partial charge < -0.3 is 5.73 Å². The van der Waals surface area contributed by atoms with Crippen molar-refractivity contribution in [1.29, 1.82) is 0 Å². The molecule has 0 saturated carbocycles. The van der Waals surface area contributed by atoms with Gasteiger partial charge in [0.1, 0.15) is 0 Å². The third-order valence-corrected chi connectivity index (χ3v) is 1.06. The molecule has 0 saturated heterocycles. The Bertz CT molecular complexity index is 211. The van der Waals surface area contributed by atoms with E-state index in [1.54, 1.807) is 30.5 Å². The van der Waals surface area contributed by atoms with Crippen LogP contribution < -0.4 is 5.73 Å². The van der Waals surface area contributed by atoms with E-state index in [1.807, 2.05) is 6.07 Å². The van der Waals surface area contributed by atoms with Crippen LogP contribution in [0.15, 0.2) is 30.3 Å². The first kappa shape index (κ1) is 10.0. The van der Waals surface area contributed by atoms with Gasteiger partial charge in [-0.15, -0.1) is 0 Å². The highest BCUT2D eigenvalue weighted by atomic mass is 32.1. The first-order valence-electron chi connectivity index (χ1n) is 3.10. The van der Waals surface area contributed by atoms with Crippen molar-refractivity contribution < 1.29 is 4.79 Å². The van der Waals surface area contributed by atoms with E-state index in [0.717, 1.165) is 0 Å². The van der Waals surface area contributed by atoms with Crippen LogP contribution in [0.5, 0.6) is 0 Å². The zero-order valence-electron chi connectivity index (χ0n) is 6.32. The molecule has 0 aromatic heterocycles. The van der Waals surface area contributed by atoms with Crippen molar-refractivity contribution in [2.45, 2.75) is 0 Å². The van der Waals surface area contributed by atoms with E-state index in [-0.39, 0.29) is 5.91 Å².